The number of hydrogen-bond donors (Lipinski definition) is 1. The van der Waals surface area contributed by atoms with Crippen LogP contribution in [0, 0.1) is 5.92 Å². The smallest absolute Gasteiger partial charge is 0.267 e. The molecule has 1 aromatic rings. The topological polar surface area (TPSA) is 50.8 Å². The minimum absolute atomic E-state index is 0. The highest BCUT2D eigenvalue weighted by Gasteiger charge is 2.30. The SMILES string of the molecule is CN(CC1CCNCC1)C(=O)C1COc2ccccc2O1.Cl. The maximum Gasteiger partial charge on any atom is 0.267 e. The van der Waals surface area contributed by atoms with Gasteiger partial charge in [0.05, 0.1) is 0 Å². The van der Waals surface area contributed by atoms with Gasteiger partial charge in [0.1, 0.15) is 6.61 Å². The van der Waals surface area contributed by atoms with E-state index in [9.17, 15) is 4.79 Å². The van der Waals surface area contributed by atoms with E-state index in [-0.39, 0.29) is 24.9 Å². The Morgan fingerprint density at radius 2 is 1.95 bits per heavy atom. The van der Waals surface area contributed by atoms with Gasteiger partial charge in [-0.1, -0.05) is 12.1 Å². The van der Waals surface area contributed by atoms with Gasteiger partial charge in [0.2, 0.25) is 6.10 Å². The van der Waals surface area contributed by atoms with Gasteiger partial charge < -0.3 is 19.7 Å². The molecule has 0 aromatic heterocycles. The first-order valence-corrected chi connectivity index (χ1v) is 7.58. The standard InChI is InChI=1S/C16H22N2O3.ClH/c1-18(10-12-6-8-17-9-7-12)16(19)15-11-20-13-4-2-3-5-14(13)21-15;/h2-5,12,15,17H,6-11H2,1H3;1H. The van der Waals surface area contributed by atoms with Gasteiger partial charge in [-0.15, -0.1) is 12.4 Å². The van der Waals surface area contributed by atoms with Crippen LogP contribution < -0.4 is 14.8 Å². The molecule has 1 fully saturated rings. The predicted octanol–water partition coefficient (Wildman–Crippen LogP) is 1.71. The summed E-state index contributed by atoms with van der Waals surface area (Å²) in [5, 5.41) is 3.34. The minimum atomic E-state index is -0.536. The van der Waals surface area contributed by atoms with Gasteiger partial charge in [-0.2, -0.15) is 0 Å². The summed E-state index contributed by atoms with van der Waals surface area (Å²) < 4.78 is 11.4. The number of likely N-dealkylation sites (N-methyl/N-ethyl adjacent to an activating group) is 1. The third-order valence-corrected chi connectivity index (χ3v) is 4.15. The number of ether oxygens (including phenoxy) is 2. The summed E-state index contributed by atoms with van der Waals surface area (Å²) in [5.74, 6) is 1.94. The molecule has 0 radical (unpaired) electrons. The molecule has 1 unspecified atom stereocenters. The summed E-state index contributed by atoms with van der Waals surface area (Å²) in [6.07, 6.45) is 1.72. The number of para-hydroxylation sites is 2. The molecule has 3 rings (SSSR count). The van der Waals surface area contributed by atoms with Crippen molar-refractivity contribution in [1.29, 1.82) is 0 Å². The average Bonchev–Trinajstić information content (AvgIpc) is 2.54. The lowest BCUT2D eigenvalue weighted by Gasteiger charge is -2.31. The fraction of sp³-hybridized carbons (Fsp3) is 0.562. The van der Waals surface area contributed by atoms with Crippen LogP contribution >= 0.6 is 12.4 Å². The van der Waals surface area contributed by atoms with E-state index in [2.05, 4.69) is 5.32 Å². The predicted molar refractivity (Wildman–Crippen MR) is 86.8 cm³/mol. The van der Waals surface area contributed by atoms with Crippen LogP contribution in [0.2, 0.25) is 0 Å². The summed E-state index contributed by atoms with van der Waals surface area (Å²) in [5.41, 5.74) is 0. The first kappa shape index (κ1) is 16.9. The van der Waals surface area contributed by atoms with E-state index in [1.807, 2.05) is 31.3 Å². The molecule has 0 spiro atoms. The van der Waals surface area contributed by atoms with Crippen LogP contribution in [-0.2, 0) is 4.79 Å². The van der Waals surface area contributed by atoms with Gasteiger partial charge in [0.25, 0.3) is 5.91 Å². The highest BCUT2D eigenvalue weighted by molar-refractivity contribution is 5.85. The Morgan fingerprint density at radius 1 is 1.27 bits per heavy atom. The van der Waals surface area contributed by atoms with Gasteiger partial charge >= 0.3 is 0 Å². The first-order chi connectivity index (χ1) is 10.2. The molecule has 22 heavy (non-hydrogen) atoms. The Bertz CT molecular complexity index is 506. The van der Waals surface area contributed by atoms with E-state index in [0.29, 0.717) is 17.4 Å². The number of rotatable bonds is 3. The lowest BCUT2D eigenvalue weighted by molar-refractivity contribution is -0.140. The van der Waals surface area contributed by atoms with Crippen molar-refractivity contribution in [3.8, 4) is 11.5 Å². The number of fused-ring (bicyclic) bond motifs is 1. The highest BCUT2D eigenvalue weighted by Crippen LogP contribution is 2.31. The number of carbonyl (C=O) groups excluding carboxylic acids is 1. The molecule has 1 amide bonds. The lowest BCUT2D eigenvalue weighted by atomic mass is 9.97. The van der Waals surface area contributed by atoms with Crippen molar-refractivity contribution in [1.82, 2.24) is 10.2 Å². The number of amides is 1. The fourth-order valence-corrected chi connectivity index (χ4v) is 2.93. The van der Waals surface area contributed by atoms with Crippen molar-refractivity contribution >= 4 is 18.3 Å². The summed E-state index contributed by atoms with van der Waals surface area (Å²) in [4.78, 5) is 14.3. The van der Waals surface area contributed by atoms with Gasteiger partial charge in [0.15, 0.2) is 11.5 Å². The zero-order valence-electron chi connectivity index (χ0n) is 12.8. The molecular weight excluding hydrogens is 304 g/mol. The van der Waals surface area contributed by atoms with Crippen molar-refractivity contribution in [2.24, 2.45) is 5.92 Å². The maximum atomic E-state index is 12.5. The Balaban J connectivity index is 0.00000176. The number of carbonyl (C=O) groups is 1. The Kier molecular flexibility index (Phi) is 5.91. The van der Waals surface area contributed by atoms with E-state index >= 15 is 0 Å². The van der Waals surface area contributed by atoms with Crippen LogP contribution in [0.1, 0.15) is 12.8 Å². The Labute approximate surface area is 137 Å². The summed E-state index contributed by atoms with van der Waals surface area (Å²) in [6, 6.07) is 7.47. The van der Waals surface area contributed by atoms with Crippen LogP contribution in [0.25, 0.3) is 0 Å². The van der Waals surface area contributed by atoms with E-state index in [4.69, 9.17) is 9.47 Å². The van der Waals surface area contributed by atoms with Gasteiger partial charge in [-0.3, -0.25) is 4.79 Å². The van der Waals surface area contributed by atoms with Crippen molar-refractivity contribution in [3.63, 3.8) is 0 Å². The fourth-order valence-electron chi connectivity index (χ4n) is 2.93. The summed E-state index contributed by atoms with van der Waals surface area (Å²) in [6.45, 7) is 3.17. The molecule has 6 heteroatoms. The molecular formula is C16H23ClN2O3. The largest absolute Gasteiger partial charge is 0.485 e. The van der Waals surface area contributed by atoms with E-state index in [1.54, 1.807) is 4.90 Å². The molecule has 2 aliphatic heterocycles. The van der Waals surface area contributed by atoms with Crippen LogP contribution in [0.15, 0.2) is 24.3 Å². The number of nitrogens with one attached hydrogen (secondary N) is 1. The molecule has 2 heterocycles. The minimum Gasteiger partial charge on any atom is -0.485 e. The molecule has 1 N–H and O–H groups in total. The van der Waals surface area contributed by atoms with E-state index < -0.39 is 6.10 Å². The molecule has 2 aliphatic rings. The van der Waals surface area contributed by atoms with Gasteiger partial charge in [-0.05, 0) is 44.0 Å². The second kappa shape index (κ2) is 7.70. The lowest BCUT2D eigenvalue weighted by Crippen LogP contribution is -2.47. The van der Waals surface area contributed by atoms with Crippen molar-refractivity contribution < 1.29 is 14.3 Å². The first-order valence-electron chi connectivity index (χ1n) is 7.58. The monoisotopic (exact) mass is 326 g/mol. The van der Waals surface area contributed by atoms with Crippen LogP contribution in [-0.4, -0.2) is 50.2 Å². The molecule has 0 saturated carbocycles. The molecule has 0 aliphatic carbocycles. The number of halogens is 1. The molecule has 1 saturated heterocycles. The number of hydrogen-bond acceptors (Lipinski definition) is 4. The van der Waals surface area contributed by atoms with Gasteiger partial charge in [0, 0.05) is 13.6 Å². The Morgan fingerprint density at radius 3 is 2.68 bits per heavy atom. The van der Waals surface area contributed by atoms with Gasteiger partial charge in [-0.25, -0.2) is 0 Å². The number of nitrogens with zero attached hydrogens (tertiary/aromatic N) is 1. The molecule has 0 bridgehead atoms. The zero-order valence-corrected chi connectivity index (χ0v) is 13.6. The van der Waals surface area contributed by atoms with E-state index in [1.165, 1.54) is 0 Å². The van der Waals surface area contributed by atoms with Crippen molar-refractivity contribution in [2.75, 3.05) is 33.3 Å². The number of piperidine rings is 1. The highest BCUT2D eigenvalue weighted by atomic mass is 35.5. The molecule has 1 atom stereocenters. The molecule has 5 nitrogen and oxygen atoms in total. The van der Waals surface area contributed by atoms with Crippen LogP contribution in [0.4, 0.5) is 0 Å². The molecule has 122 valence electrons. The summed E-state index contributed by atoms with van der Waals surface area (Å²) >= 11 is 0. The summed E-state index contributed by atoms with van der Waals surface area (Å²) in [7, 11) is 1.86. The number of benzene rings is 1. The third kappa shape index (κ3) is 3.84. The maximum absolute atomic E-state index is 12.5. The third-order valence-electron chi connectivity index (χ3n) is 4.15. The van der Waals surface area contributed by atoms with Crippen molar-refractivity contribution in [3.05, 3.63) is 24.3 Å². The van der Waals surface area contributed by atoms with Crippen LogP contribution in [0.5, 0.6) is 11.5 Å². The quantitative estimate of drug-likeness (QED) is 0.918. The second-order valence-electron chi connectivity index (χ2n) is 5.78. The zero-order chi connectivity index (χ0) is 14.7. The second-order valence-corrected chi connectivity index (χ2v) is 5.78. The van der Waals surface area contributed by atoms with Crippen molar-refractivity contribution in [2.45, 2.75) is 18.9 Å². The Hall–Kier alpha value is -1.46. The normalized spacial score (nSPS) is 20.9. The van der Waals surface area contributed by atoms with Crippen LogP contribution in [0.3, 0.4) is 0 Å². The van der Waals surface area contributed by atoms with E-state index in [0.717, 1.165) is 32.5 Å². The molecule has 1 aromatic carbocycles. The average molecular weight is 327 g/mol.